The number of benzene rings is 1. The molecule has 3 heteroatoms. The molecule has 0 saturated carbocycles. The summed E-state index contributed by atoms with van der Waals surface area (Å²) in [6.07, 6.45) is 3.24. The normalized spacial score (nSPS) is 15.4. The number of carbonyl (C=O) groups excluding carboxylic acids is 1. The molecule has 1 aromatic carbocycles. The quantitative estimate of drug-likeness (QED) is 0.780. The molecule has 0 radical (unpaired) electrons. The van der Waals surface area contributed by atoms with Gasteiger partial charge >= 0.3 is 0 Å². The molecule has 0 aliphatic carbocycles. The number of carbonyl (C=O) groups is 1. The van der Waals surface area contributed by atoms with E-state index >= 15 is 0 Å². The Hall–Kier alpha value is -0.860. The maximum Gasteiger partial charge on any atom is 0.164 e. The van der Waals surface area contributed by atoms with Crippen molar-refractivity contribution < 1.29 is 4.79 Å². The molecule has 100 valence electrons. The molecular formula is C15H22ClNO. The molecule has 0 unspecified atom stereocenters. The second-order valence-corrected chi connectivity index (χ2v) is 4.97. The zero-order valence-electron chi connectivity index (χ0n) is 11.2. The summed E-state index contributed by atoms with van der Waals surface area (Å²) in [6.45, 7) is 7.36. The summed E-state index contributed by atoms with van der Waals surface area (Å²) in [4.78, 5) is 14.5. The number of aryl methyl sites for hydroxylation is 1. The number of hydrogen-bond acceptors (Lipinski definition) is 2. The van der Waals surface area contributed by atoms with Crippen LogP contribution in [0, 0.1) is 13.8 Å². The fourth-order valence-corrected chi connectivity index (χ4v) is 2.45. The van der Waals surface area contributed by atoms with Gasteiger partial charge in [-0.3, -0.25) is 4.79 Å². The van der Waals surface area contributed by atoms with Crippen LogP contribution in [0.25, 0.3) is 0 Å². The molecule has 1 aliphatic heterocycles. The summed E-state index contributed by atoms with van der Waals surface area (Å²) in [5.74, 6) is 0.290. The van der Waals surface area contributed by atoms with Gasteiger partial charge in [-0.2, -0.15) is 0 Å². The van der Waals surface area contributed by atoms with Crippen LogP contribution in [-0.4, -0.2) is 30.3 Å². The fourth-order valence-electron chi connectivity index (χ4n) is 2.45. The number of nitrogens with zero attached hydrogens (tertiary/aromatic N) is 1. The topological polar surface area (TPSA) is 20.3 Å². The Kier molecular flexibility index (Phi) is 5.83. The lowest BCUT2D eigenvalue weighted by molar-refractivity contribution is 0.0968. The first-order chi connectivity index (χ1) is 8.18. The Morgan fingerprint density at radius 1 is 1.22 bits per heavy atom. The van der Waals surface area contributed by atoms with Crippen molar-refractivity contribution in [2.24, 2.45) is 0 Å². The Labute approximate surface area is 116 Å². The smallest absolute Gasteiger partial charge is 0.164 e. The second-order valence-electron chi connectivity index (χ2n) is 4.97. The van der Waals surface area contributed by atoms with Crippen molar-refractivity contribution in [3.8, 4) is 0 Å². The van der Waals surface area contributed by atoms with Crippen molar-refractivity contribution in [2.75, 3.05) is 19.6 Å². The van der Waals surface area contributed by atoms with Crippen LogP contribution in [0.15, 0.2) is 18.2 Å². The first-order valence-corrected chi connectivity index (χ1v) is 6.50. The average Bonchev–Trinajstić information content (AvgIpc) is 2.82. The highest BCUT2D eigenvalue weighted by Crippen LogP contribution is 2.15. The van der Waals surface area contributed by atoms with Crippen LogP contribution in [0.1, 0.15) is 40.7 Å². The van der Waals surface area contributed by atoms with Gasteiger partial charge in [0.05, 0.1) is 0 Å². The van der Waals surface area contributed by atoms with Crippen LogP contribution in [-0.2, 0) is 0 Å². The second kappa shape index (κ2) is 6.91. The summed E-state index contributed by atoms with van der Waals surface area (Å²) in [6, 6.07) is 5.99. The van der Waals surface area contributed by atoms with Gasteiger partial charge in [-0.15, -0.1) is 12.4 Å². The first-order valence-electron chi connectivity index (χ1n) is 6.50. The molecule has 0 aromatic heterocycles. The standard InChI is InChI=1S/C15H21NO.ClH/c1-12-6-5-7-14(13(12)2)15(17)8-11-16-9-3-4-10-16;/h5-7H,3-4,8-11H2,1-2H3;1H. The molecular weight excluding hydrogens is 246 g/mol. The highest BCUT2D eigenvalue weighted by atomic mass is 35.5. The predicted octanol–water partition coefficient (Wildman–Crippen LogP) is 3.39. The number of likely N-dealkylation sites (tertiary alicyclic amines) is 1. The lowest BCUT2D eigenvalue weighted by Crippen LogP contribution is -2.22. The van der Waals surface area contributed by atoms with E-state index in [0.717, 1.165) is 17.7 Å². The molecule has 0 bridgehead atoms. The zero-order valence-corrected chi connectivity index (χ0v) is 12.1. The van der Waals surface area contributed by atoms with Gasteiger partial charge in [0.15, 0.2) is 5.78 Å². The van der Waals surface area contributed by atoms with Gasteiger partial charge in [-0.1, -0.05) is 18.2 Å². The molecule has 0 N–H and O–H groups in total. The van der Waals surface area contributed by atoms with E-state index in [4.69, 9.17) is 0 Å². The van der Waals surface area contributed by atoms with Crippen LogP contribution in [0.4, 0.5) is 0 Å². The van der Waals surface area contributed by atoms with Crippen molar-refractivity contribution >= 4 is 18.2 Å². The van der Waals surface area contributed by atoms with Crippen molar-refractivity contribution in [1.29, 1.82) is 0 Å². The van der Waals surface area contributed by atoms with Gasteiger partial charge < -0.3 is 4.90 Å². The molecule has 1 aliphatic rings. The maximum absolute atomic E-state index is 12.1. The average molecular weight is 268 g/mol. The van der Waals surface area contributed by atoms with E-state index in [-0.39, 0.29) is 18.2 Å². The van der Waals surface area contributed by atoms with E-state index in [1.807, 2.05) is 19.1 Å². The van der Waals surface area contributed by atoms with Gasteiger partial charge in [0.25, 0.3) is 0 Å². The van der Waals surface area contributed by atoms with Crippen LogP contribution in [0.2, 0.25) is 0 Å². The zero-order chi connectivity index (χ0) is 12.3. The highest BCUT2D eigenvalue weighted by Gasteiger charge is 2.15. The van der Waals surface area contributed by atoms with Crippen molar-refractivity contribution in [3.63, 3.8) is 0 Å². The van der Waals surface area contributed by atoms with Gasteiger partial charge in [0, 0.05) is 18.5 Å². The van der Waals surface area contributed by atoms with E-state index in [2.05, 4.69) is 17.9 Å². The number of hydrogen-bond donors (Lipinski definition) is 0. The minimum absolute atomic E-state index is 0. The van der Waals surface area contributed by atoms with Crippen molar-refractivity contribution in [3.05, 3.63) is 34.9 Å². The van der Waals surface area contributed by atoms with Crippen LogP contribution in [0.5, 0.6) is 0 Å². The van der Waals surface area contributed by atoms with Crippen LogP contribution < -0.4 is 0 Å². The lowest BCUT2D eigenvalue weighted by atomic mass is 9.99. The molecule has 2 rings (SSSR count). The Balaban J connectivity index is 0.00000162. The Morgan fingerprint density at radius 3 is 2.56 bits per heavy atom. The van der Waals surface area contributed by atoms with Crippen molar-refractivity contribution in [1.82, 2.24) is 4.90 Å². The minimum atomic E-state index is 0. The van der Waals surface area contributed by atoms with Gasteiger partial charge in [0.1, 0.15) is 0 Å². The summed E-state index contributed by atoms with van der Waals surface area (Å²) >= 11 is 0. The van der Waals surface area contributed by atoms with Crippen molar-refractivity contribution in [2.45, 2.75) is 33.1 Å². The Bertz CT molecular complexity index is 411. The third-order valence-electron chi connectivity index (χ3n) is 3.76. The molecule has 18 heavy (non-hydrogen) atoms. The Morgan fingerprint density at radius 2 is 1.89 bits per heavy atom. The lowest BCUT2D eigenvalue weighted by Gasteiger charge is -2.14. The van der Waals surface area contributed by atoms with Gasteiger partial charge in [-0.05, 0) is 50.9 Å². The monoisotopic (exact) mass is 267 g/mol. The first kappa shape index (κ1) is 15.2. The number of ketones is 1. The molecule has 1 aromatic rings. The fraction of sp³-hybridized carbons (Fsp3) is 0.533. The van der Waals surface area contributed by atoms with Gasteiger partial charge in [-0.25, -0.2) is 0 Å². The summed E-state index contributed by atoms with van der Waals surface area (Å²) in [7, 11) is 0. The van der Waals surface area contributed by atoms with E-state index in [0.29, 0.717) is 6.42 Å². The van der Waals surface area contributed by atoms with Crippen LogP contribution >= 0.6 is 12.4 Å². The largest absolute Gasteiger partial charge is 0.303 e. The van der Waals surface area contributed by atoms with Gasteiger partial charge in [0.2, 0.25) is 0 Å². The third-order valence-corrected chi connectivity index (χ3v) is 3.76. The summed E-state index contributed by atoms with van der Waals surface area (Å²) in [5, 5.41) is 0. The molecule has 0 atom stereocenters. The number of halogens is 1. The predicted molar refractivity (Wildman–Crippen MR) is 77.8 cm³/mol. The van der Waals surface area contributed by atoms with Crippen LogP contribution in [0.3, 0.4) is 0 Å². The summed E-state index contributed by atoms with van der Waals surface area (Å²) in [5.41, 5.74) is 3.25. The third kappa shape index (κ3) is 3.56. The van der Waals surface area contributed by atoms with E-state index < -0.39 is 0 Å². The SMILES string of the molecule is Cc1cccc(C(=O)CCN2CCCC2)c1C.Cl. The van der Waals surface area contributed by atoms with E-state index in [1.165, 1.54) is 31.5 Å². The van der Waals surface area contributed by atoms with E-state index in [9.17, 15) is 4.79 Å². The molecule has 1 heterocycles. The number of rotatable bonds is 4. The molecule has 2 nitrogen and oxygen atoms in total. The minimum Gasteiger partial charge on any atom is -0.303 e. The molecule has 1 fully saturated rings. The molecule has 1 saturated heterocycles. The number of Topliss-reactive ketones (excluding diaryl/α,β-unsaturated/α-hetero) is 1. The molecule has 0 spiro atoms. The summed E-state index contributed by atoms with van der Waals surface area (Å²) < 4.78 is 0. The van der Waals surface area contributed by atoms with E-state index in [1.54, 1.807) is 0 Å². The molecule has 0 amide bonds. The highest BCUT2D eigenvalue weighted by molar-refractivity contribution is 5.97. The maximum atomic E-state index is 12.1.